The Hall–Kier alpha value is -6.31. The Morgan fingerprint density at radius 2 is 0.933 bits per heavy atom. The minimum absolute atomic E-state index is 0.0872. The first-order chi connectivity index (χ1) is 29.0. The Labute approximate surface area is 356 Å². The van der Waals surface area contributed by atoms with Crippen LogP contribution in [0.15, 0.2) is 176 Å². The van der Waals surface area contributed by atoms with Gasteiger partial charge in [0.25, 0.3) is 0 Å². The normalized spacial score (nSPS) is 15.7. The summed E-state index contributed by atoms with van der Waals surface area (Å²) in [5, 5.41) is 4.05. The summed E-state index contributed by atoms with van der Waals surface area (Å²) in [6.45, 7) is 14.6. The maximum absolute atomic E-state index is 4.05. The van der Waals surface area contributed by atoms with Crippen molar-refractivity contribution in [3.8, 4) is 33.4 Å². The van der Waals surface area contributed by atoms with Crippen molar-refractivity contribution >= 4 is 52.7 Å². The maximum Gasteiger partial charge on any atom is 0.240 e. The van der Waals surface area contributed by atoms with Crippen molar-refractivity contribution in [3.63, 3.8) is 0 Å². The molecule has 1 aliphatic carbocycles. The maximum atomic E-state index is 4.05. The summed E-state index contributed by atoms with van der Waals surface area (Å²) in [5.41, 5.74) is 25.0. The third-order valence-electron chi connectivity index (χ3n) is 14.5. The fraction of sp³-hybridized carbons (Fsp3) is 0.158. The van der Waals surface area contributed by atoms with E-state index >= 15 is 0 Å². The van der Waals surface area contributed by atoms with Crippen molar-refractivity contribution in [2.24, 2.45) is 0 Å². The van der Waals surface area contributed by atoms with Gasteiger partial charge < -0.3 is 5.32 Å². The first-order valence-electron chi connectivity index (χ1n) is 21.7. The highest BCUT2D eigenvalue weighted by molar-refractivity contribution is 7.05. The second-order valence-electron chi connectivity index (χ2n) is 19.0. The lowest BCUT2D eigenvalue weighted by Gasteiger charge is -2.44. The van der Waals surface area contributed by atoms with E-state index < -0.39 is 0 Å². The molecule has 0 radical (unpaired) electrons. The largest absolute Gasteiger partial charge is 0.355 e. The molecule has 0 saturated heterocycles. The van der Waals surface area contributed by atoms with Crippen LogP contribution in [-0.2, 0) is 16.2 Å². The van der Waals surface area contributed by atoms with Crippen molar-refractivity contribution in [2.45, 2.75) is 57.8 Å². The molecular formula is C57H49B2N. The average Bonchev–Trinajstić information content (AvgIpc) is 3.27. The number of hydrogen-bond acceptors (Lipinski definition) is 1. The van der Waals surface area contributed by atoms with E-state index in [1.54, 1.807) is 0 Å². The van der Waals surface area contributed by atoms with Crippen molar-refractivity contribution < 1.29 is 0 Å². The molecule has 60 heavy (non-hydrogen) atoms. The number of fused-ring (bicyclic) bond motifs is 6. The van der Waals surface area contributed by atoms with Crippen LogP contribution >= 0.6 is 0 Å². The van der Waals surface area contributed by atoms with Crippen LogP contribution in [0.1, 0.15) is 74.9 Å². The van der Waals surface area contributed by atoms with E-state index in [4.69, 9.17) is 0 Å². The summed E-state index contributed by atoms with van der Waals surface area (Å²) in [4.78, 5) is 0. The third kappa shape index (κ3) is 5.48. The fourth-order valence-electron chi connectivity index (χ4n) is 11.3. The van der Waals surface area contributed by atoms with Crippen LogP contribution in [0, 0.1) is 0 Å². The van der Waals surface area contributed by atoms with Crippen LogP contribution in [0.25, 0.3) is 33.4 Å². The predicted molar refractivity (Wildman–Crippen MR) is 259 cm³/mol. The summed E-state index contributed by atoms with van der Waals surface area (Å²) in [6, 6.07) is 66.2. The molecule has 0 spiro atoms. The quantitative estimate of drug-likeness (QED) is 0.172. The Morgan fingerprint density at radius 3 is 1.60 bits per heavy atom. The molecule has 3 aliphatic rings. The first kappa shape index (κ1) is 36.7. The molecule has 8 aromatic carbocycles. The van der Waals surface area contributed by atoms with Gasteiger partial charge in [-0.3, -0.25) is 0 Å². The molecule has 288 valence electrons. The summed E-state index contributed by atoms with van der Waals surface area (Å²) in [7, 11) is 0.887. The summed E-state index contributed by atoms with van der Waals surface area (Å²) in [5.74, 6) is 0. The first-order valence-corrected chi connectivity index (χ1v) is 21.7. The molecule has 0 fully saturated rings. The zero-order valence-electron chi connectivity index (χ0n) is 35.5. The smallest absolute Gasteiger partial charge is 0.240 e. The fourth-order valence-corrected chi connectivity index (χ4v) is 11.3. The van der Waals surface area contributed by atoms with Gasteiger partial charge in [-0.2, -0.15) is 0 Å². The van der Waals surface area contributed by atoms with E-state index in [-0.39, 0.29) is 23.0 Å². The van der Waals surface area contributed by atoms with Crippen molar-refractivity contribution in [2.75, 3.05) is 5.32 Å². The Balaban J connectivity index is 1.19. The molecule has 2 aliphatic heterocycles. The number of benzene rings is 8. The summed E-state index contributed by atoms with van der Waals surface area (Å²) < 4.78 is 0. The monoisotopic (exact) mass is 769 g/mol. The van der Waals surface area contributed by atoms with E-state index in [9.17, 15) is 0 Å². The summed E-state index contributed by atoms with van der Waals surface area (Å²) in [6.07, 6.45) is 0. The average molecular weight is 770 g/mol. The third-order valence-corrected chi connectivity index (χ3v) is 14.5. The van der Waals surface area contributed by atoms with Gasteiger partial charge in [0.05, 0.1) is 0 Å². The van der Waals surface area contributed by atoms with Gasteiger partial charge in [-0.1, -0.05) is 214 Å². The van der Waals surface area contributed by atoms with Gasteiger partial charge in [-0.15, -0.1) is 0 Å². The van der Waals surface area contributed by atoms with Crippen LogP contribution in [0.2, 0.25) is 0 Å². The summed E-state index contributed by atoms with van der Waals surface area (Å²) >= 11 is 0. The minimum Gasteiger partial charge on any atom is -0.355 e. The Kier molecular flexibility index (Phi) is 8.18. The van der Waals surface area contributed by atoms with Crippen LogP contribution in [0.3, 0.4) is 0 Å². The van der Waals surface area contributed by atoms with E-state index in [1.807, 2.05) is 0 Å². The van der Waals surface area contributed by atoms with Crippen LogP contribution < -0.4 is 32.6 Å². The Morgan fingerprint density at radius 1 is 0.400 bits per heavy atom. The SMILES string of the molecule is CC1(C)c2ccccc2C(C)(C)c2cc(-c3cc(-c4ccccc4)cc4c3Bc3cccc5c3B4c3ccccc3C5(C)C)c(Nc3ccc(-c4ccccc4)cc3)cc21. The molecule has 1 nitrogen and oxygen atoms in total. The van der Waals surface area contributed by atoms with E-state index in [0.29, 0.717) is 0 Å². The van der Waals surface area contributed by atoms with Gasteiger partial charge in [-0.05, 0) is 91.5 Å². The number of anilines is 2. The number of rotatable bonds is 5. The second kappa shape index (κ2) is 13.4. The molecule has 0 bridgehead atoms. The van der Waals surface area contributed by atoms with Crippen LogP contribution in [0.4, 0.5) is 11.4 Å². The standard InChI is InChI=1S/C57H49B2N/c1-55(2)43-22-13-14-23-44(43)56(3,4)48-35-52(60-40-30-28-38(29-31-40)36-18-9-7-10-19-36)41(34-47(48)55)42-32-39(37-20-11-8-12-21-37)33-51-53(42)58-49-26-17-25-46-54(49)59(51)50-27-16-15-24-45(50)57(46,5)6/h7-35,58,60H,1-6H3. The predicted octanol–water partition coefficient (Wildman–Crippen LogP) is 10.3. The van der Waals surface area contributed by atoms with Crippen molar-refractivity contribution in [1.82, 2.24) is 0 Å². The lowest BCUT2D eigenvalue weighted by molar-refractivity contribution is 0.521. The van der Waals surface area contributed by atoms with Gasteiger partial charge in [0.1, 0.15) is 0 Å². The van der Waals surface area contributed by atoms with E-state index in [0.717, 1.165) is 18.7 Å². The van der Waals surface area contributed by atoms with Gasteiger partial charge in [0.15, 0.2) is 7.28 Å². The van der Waals surface area contributed by atoms with Gasteiger partial charge in [0.2, 0.25) is 6.71 Å². The molecule has 1 N–H and O–H groups in total. The molecule has 3 heteroatoms. The minimum atomic E-state index is -0.196. The van der Waals surface area contributed by atoms with Gasteiger partial charge >= 0.3 is 0 Å². The topological polar surface area (TPSA) is 12.0 Å². The van der Waals surface area contributed by atoms with E-state index in [2.05, 4.69) is 223 Å². The number of nitrogens with one attached hydrogen (secondary N) is 1. The molecule has 2 heterocycles. The van der Waals surface area contributed by atoms with Crippen LogP contribution in [0.5, 0.6) is 0 Å². The van der Waals surface area contributed by atoms with Gasteiger partial charge in [-0.25, -0.2) is 0 Å². The molecule has 8 aromatic rings. The van der Waals surface area contributed by atoms with Crippen molar-refractivity contribution in [1.29, 1.82) is 0 Å². The van der Waals surface area contributed by atoms with Crippen molar-refractivity contribution in [3.05, 3.63) is 209 Å². The van der Waals surface area contributed by atoms with Crippen LogP contribution in [-0.4, -0.2) is 14.0 Å². The molecule has 0 aromatic heterocycles. The highest BCUT2D eigenvalue weighted by Crippen LogP contribution is 2.52. The lowest BCUT2D eigenvalue weighted by Crippen LogP contribution is -2.72. The lowest BCUT2D eigenvalue weighted by atomic mass is 9.24. The highest BCUT2D eigenvalue weighted by atomic mass is 14.9. The Bertz CT molecular complexity index is 2990. The number of hydrogen-bond donors (Lipinski definition) is 1. The molecular weight excluding hydrogens is 720 g/mol. The molecule has 11 rings (SSSR count). The molecule has 0 saturated carbocycles. The zero-order valence-corrected chi connectivity index (χ0v) is 35.5. The molecule has 0 amide bonds. The van der Waals surface area contributed by atoms with E-state index in [1.165, 1.54) is 94.1 Å². The second-order valence-corrected chi connectivity index (χ2v) is 19.0. The van der Waals surface area contributed by atoms with Gasteiger partial charge in [0, 0.05) is 33.2 Å². The highest BCUT2D eigenvalue weighted by Gasteiger charge is 2.45. The molecule has 0 atom stereocenters. The zero-order chi connectivity index (χ0) is 41.0. The molecule has 0 unspecified atom stereocenters.